The molecule has 20 heavy (non-hydrogen) atoms. The average molecular weight is 288 g/mol. The maximum atomic E-state index is 5.80. The number of hydrogen-bond donors (Lipinski definition) is 1. The molecule has 0 amide bonds. The summed E-state index contributed by atoms with van der Waals surface area (Å²) in [5.41, 5.74) is 7.97. The number of nitrogens with zero attached hydrogens (tertiary/aromatic N) is 1. The van der Waals surface area contributed by atoms with E-state index in [1.54, 1.807) is 18.4 Å². The summed E-state index contributed by atoms with van der Waals surface area (Å²) in [6.45, 7) is 0.513. The lowest BCUT2D eigenvalue weighted by molar-refractivity contribution is 0.416. The molecule has 0 bridgehead atoms. The largest absolute Gasteiger partial charge is 0.496 e. The molecule has 0 atom stereocenters. The highest BCUT2D eigenvalue weighted by Gasteiger charge is 2.25. The van der Waals surface area contributed by atoms with Gasteiger partial charge in [0.1, 0.15) is 10.8 Å². The van der Waals surface area contributed by atoms with Crippen LogP contribution in [0.4, 0.5) is 0 Å². The third-order valence-corrected chi connectivity index (χ3v) is 5.20. The molecule has 2 N–H and O–H groups in total. The minimum atomic E-state index is 0.513. The number of rotatable bonds is 4. The lowest BCUT2D eigenvalue weighted by Crippen LogP contribution is -1.96. The van der Waals surface area contributed by atoms with Gasteiger partial charge in [-0.1, -0.05) is 25.0 Å². The van der Waals surface area contributed by atoms with Gasteiger partial charge in [-0.05, 0) is 30.9 Å². The molecule has 1 heterocycles. The van der Waals surface area contributed by atoms with Crippen LogP contribution in [-0.2, 0) is 6.54 Å². The molecule has 0 spiro atoms. The molecule has 3 nitrogen and oxygen atoms in total. The Balaban J connectivity index is 2.09. The maximum absolute atomic E-state index is 5.80. The summed E-state index contributed by atoms with van der Waals surface area (Å²) in [6, 6.07) is 8.12. The van der Waals surface area contributed by atoms with E-state index in [4.69, 9.17) is 15.5 Å². The van der Waals surface area contributed by atoms with Gasteiger partial charge in [0, 0.05) is 17.0 Å². The number of methoxy groups -OCH3 is 1. The van der Waals surface area contributed by atoms with Crippen LogP contribution in [0.1, 0.15) is 41.5 Å². The molecule has 1 aromatic heterocycles. The van der Waals surface area contributed by atoms with Crippen molar-refractivity contribution in [3.8, 4) is 17.0 Å². The number of thiazole rings is 1. The Labute approximate surface area is 123 Å². The molecule has 1 saturated carbocycles. The van der Waals surface area contributed by atoms with E-state index < -0.39 is 0 Å². The van der Waals surface area contributed by atoms with E-state index in [2.05, 4.69) is 6.07 Å². The van der Waals surface area contributed by atoms with Crippen molar-refractivity contribution >= 4 is 11.3 Å². The summed E-state index contributed by atoms with van der Waals surface area (Å²) in [5, 5.41) is 1.02. The zero-order valence-corrected chi connectivity index (χ0v) is 12.6. The maximum Gasteiger partial charge on any atom is 0.128 e. The van der Waals surface area contributed by atoms with Gasteiger partial charge in [0.05, 0.1) is 12.8 Å². The number of benzene rings is 1. The summed E-state index contributed by atoms with van der Waals surface area (Å²) in [5.74, 6) is 1.54. The fraction of sp³-hybridized carbons (Fsp3) is 0.438. The van der Waals surface area contributed by atoms with Crippen LogP contribution in [0.2, 0.25) is 0 Å². The highest BCUT2D eigenvalue weighted by atomic mass is 32.1. The fourth-order valence-corrected chi connectivity index (χ4v) is 4.09. The number of hydrogen-bond acceptors (Lipinski definition) is 4. The van der Waals surface area contributed by atoms with Crippen LogP contribution in [0.5, 0.6) is 5.75 Å². The van der Waals surface area contributed by atoms with Gasteiger partial charge in [-0.2, -0.15) is 0 Å². The molecular formula is C16H20N2OS. The molecule has 1 aromatic carbocycles. The molecule has 0 aliphatic heterocycles. The van der Waals surface area contributed by atoms with Crippen molar-refractivity contribution in [2.24, 2.45) is 5.73 Å². The zero-order valence-electron chi connectivity index (χ0n) is 11.8. The molecule has 1 aliphatic rings. The Morgan fingerprint density at radius 3 is 2.75 bits per heavy atom. The Morgan fingerprint density at radius 1 is 1.30 bits per heavy atom. The van der Waals surface area contributed by atoms with Crippen LogP contribution in [-0.4, -0.2) is 12.1 Å². The van der Waals surface area contributed by atoms with E-state index in [0.717, 1.165) is 22.0 Å². The molecule has 4 heteroatoms. The van der Waals surface area contributed by atoms with Gasteiger partial charge in [-0.15, -0.1) is 11.3 Å². The molecule has 0 radical (unpaired) electrons. The van der Waals surface area contributed by atoms with Gasteiger partial charge < -0.3 is 10.5 Å². The Kier molecular flexibility index (Phi) is 4.03. The van der Waals surface area contributed by atoms with Gasteiger partial charge >= 0.3 is 0 Å². The quantitative estimate of drug-likeness (QED) is 0.927. The van der Waals surface area contributed by atoms with E-state index in [9.17, 15) is 0 Å². The second kappa shape index (κ2) is 5.94. The Morgan fingerprint density at radius 2 is 2.05 bits per heavy atom. The summed E-state index contributed by atoms with van der Waals surface area (Å²) < 4.78 is 5.49. The molecule has 0 unspecified atom stereocenters. The standard InChI is InChI=1S/C16H20N2OS/c1-19-13-9-5-4-8-12(13)15-16(11-6-2-3-7-11)20-14(10-17)18-15/h4-5,8-9,11H,2-3,6-7,10,17H2,1H3. The number of para-hydroxylation sites is 1. The van der Waals surface area contributed by atoms with Gasteiger partial charge in [-0.25, -0.2) is 4.98 Å². The molecule has 0 saturated heterocycles. The van der Waals surface area contributed by atoms with Gasteiger partial charge in [0.25, 0.3) is 0 Å². The van der Waals surface area contributed by atoms with Crippen molar-refractivity contribution in [3.05, 3.63) is 34.2 Å². The van der Waals surface area contributed by atoms with Crippen molar-refractivity contribution in [1.82, 2.24) is 4.98 Å². The third kappa shape index (κ3) is 2.45. The molecule has 1 aliphatic carbocycles. The van der Waals surface area contributed by atoms with E-state index in [0.29, 0.717) is 12.5 Å². The molecule has 3 rings (SSSR count). The van der Waals surface area contributed by atoms with Crippen molar-refractivity contribution in [1.29, 1.82) is 0 Å². The molecule has 1 fully saturated rings. The summed E-state index contributed by atoms with van der Waals surface area (Å²) >= 11 is 1.78. The third-order valence-electron chi connectivity index (χ3n) is 3.96. The van der Waals surface area contributed by atoms with Gasteiger partial charge in [-0.3, -0.25) is 0 Å². The monoisotopic (exact) mass is 288 g/mol. The van der Waals surface area contributed by atoms with Crippen LogP contribution < -0.4 is 10.5 Å². The molecule has 2 aromatic rings. The normalized spacial score (nSPS) is 15.7. The predicted octanol–water partition coefficient (Wildman–Crippen LogP) is 3.94. The second-order valence-electron chi connectivity index (χ2n) is 5.21. The summed E-state index contributed by atoms with van der Waals surface area (Å²) in [4.78, 5) is 6.16. The SMILES string of the molecule is COc1ccccc1-c1nc(CN)sc1C1CCCC1. The lowest BCUT2D eigenvalue weighted by atomic mass is 10.0. The van der Waals surface area contributed by atoms with Crippen LogP contribution in [0.3, 0.4) is 0 Å². The van der Waals surface area contributed by atoms with Crippen molar-refractivity contribution in [3.63, 3.8) is 0 Å². The van der Waals surface area contributed by atoms with Crippen LogP contribution in [0, 0.1) is 0 Å². The smallest absolute Gasteiger partial charge is 0.128 e. The minimum Gasteiger partial charge on any atom is -0.496 e. The van der Waals surface area contributed by atoms with Gasteiger partial charge in [0.15, 0.2) is 0 Å². The zero-order chi connectivity index (χ0) is 13.9. The molecule has 106 valence electrons. The predicted molar refractivity (Wildman–Crippen MR) is 83.2 cm³/mol. The number of aromatic nitrogens is 1. The first kappa shape index (κ1) is 13.6. The average Bonchev–Trinajstić information content (AvgIpc) is 3.15. The second-order valence-corrected chi connectivity index (χ2v) is 6.32. The van der Waals surface area contributed by atoms with E-state index in [-0.39, 0.29) is 0 Å². The topological polar surface area (TPSA) is 48.1 Å². The van der Waals surface area contributed by atoms with E-state index in [1.165, 1.54) is 30.6 Å². The first-order valence-electron chi connectivity index (χ1n) is 7.16. The summed E-state index contributed by atoms with van der Waals surface area (Å²) in [6.07, 6.45) is 5.19. The Hall–Kier alpha value is -1.39. The number of ether oxygens (including phenoxy) is 1. The van der Waals surface area contributed by atoms with Crippen molar-refractivity contribution in [2.45, 2.75) is 38.1 Å². The van der Waals surface area contributed by atoms with Crippen LogP contribution in [0.25, 0.3) is 11.3 Å². The fourth-order valence-electron chi connectivity index (χ4n) is 2.96. The first-order valence-corrected chi connectivity index (χ1v) is 7.98. The Bertz CT molecular complexity index is 588. The lowest BCUT2D eigenvalue weighted by Gasteiger charge is -2.11. The van der Waals surface area contributed by atoms with Crippen LogP contribution in [0.15, 0.2) is 24.3 Å². The van der Waals surface area contributed by atoms with E-state index >= 15 is 0 Å². The number of nitrogens with two attached hydrogens (primary N) is 1. The highest BCUT2D eigenvalue weighted by Crippen LogP contribution is 2.44. The van der Waals surface area contributed by atoms with Crippen LogP contribution >= 0.6 is 11.3 Å². The van der Waals surface area contributed by atoms with E-state index in [1.807, 2.05) is 18.2 Å². The summed E-state index contributed by atoms with van der Waals surface area (Å²) in [7, 11) is 1.71. The highest BCUT2D eigenvalue weighted by molar-refractivity contribution is 7.12. The van der Waals surface area contributed by atoms with Crippen molar-refractivity contribution in [2.75, 3.05) is 7.11 Å². The van der Waals surface area contributed by atoms with Gasteiger partial charge in [0.2, 0.25) is 0 Å². The molecular weight excluding hydrogens is 268 g/mol. The first-order chi connectivity index (χ1) is 9.83. The van der Waals surface area contributed by atoms with Crippen molar-refractivity contribution < 1.29 is 4.74 Å². The minimum absolute atomic E-state index is 0.513.